The van der Waals surface area contributed by atoms with E-state index < -0.39 is 10.9 Å². The van der Waals surface area contributed by atoms with Crippen LogP contribution in [0, 0.1) is 17.0 Å². The van der Waals surface area contributed by atoms with Gasteiger partial charge in [-0.3, -0.25) is 10.1 Å². The molecular formula is C13H9ClN2O5. The van der Waals surface area contributed by atoms with Crippen molar-refractivity contribution in [1.29, 1.82) is 0 Å². The molecule has 0 atom stereocenters. The van der Waals surface area contributed by atoms with E-state index >= 15 is 0 Å². The number of halogens is 1. The van der Waals surface area contributed by atoms with E-state index in [1.54, 1.807) is 6.92 Å². The Bertz CT molecular complexity index is 671. The summed E-state index contributed by atoms with van der Waals surface area (Å²) in [7, 11) is 0. The molecule has 1 aromatic carbocycles. The summed E-state index contributed by atoms with van der Waals surface area (Å²) in [6.45, 7) is 1.64. The highest BCUT2D eigenvalue weighted by Crippen LogP contribution is 2.34. The summed E-state index contributed by atoms with van der Waals surface area (Å²) < 4.78 is 5.31. The van der Waals surface area contributed by atoms with E-state index in [-0.39, 0.29) is 27.9 Å². The van der Waals surface area contributed by atoms with Crippen molar-refractivity contribution in [2.24, 2.45) is 0 Å². The molecule has 0 saturated heterocycles. The average molecular weight is 309 g/mol. The lowest BCUT2D eigenvalue weighted by Gasteiger charge is -2.09. The molecule has 1 aromatic heterocycles. The number of carbonyl (C=O) groups is 1. The Morgan fingerprint density at radius 3 is 2.71 bits per heavy atom. The first-order chi connectivity index (χ1) is 9.88. The van der Waals surface area contributed by atoms with Crippen molar-refractivity contribution in [3.63, 3.8) is 0 Å². The largest absolute Gasteiger partial charge is 0.477 e. The van der Waals surface area contributed by atoms with E-state index in [0.29, 0.717) is 5.69 Å². The van der Waals surface area contributed by atoms with Crippen LogP contribution < -0.4 is 4.74 Å². The number of aromatic nitrogens is 1. The number of aryl methyl sites for hydroxylation is 1. The molecule has 0 unspecified atom stereocenters. The normalized spacial score (nSPS) is 10.2. The lowest BCUT2D eigenvalue weighted by atomic mass is 10.2. The van der Waals surface area contributed by atoms with Gasteiger partial charge >= 0.3 is 11.7 Å². The van der Waals surface area contributed by atoms with Gasteiger partial charge in [-0.1, -0.05) is 11.6 Å². The standard InChI is InChI=1S/C13H9ClN2O5/c1-7-2-4-9(13(17)18)12(15-7)21-11-6-8(14)3-5-10(11)16(19)20/h2-6H,1H3,(H,17,18). The molecule has 0 aliphatic heterocycles. The third-order valence-corrected chi connectivity index (χ3v) is 2.79. The topological polar surface area (TPSA) is 103 Å². The maximum absolute atomic E-state index is 11.1. The van der Waals surface area contributed by atoms with Crippen LogP contribution in [0.1, 0.15) is 16.1 Å². The molecule has 7 nitrogen and oxygen atoms in total. The second-order valence-corrected chi connectivity index (χ2v) is 4.52. The monoisotopic (exact) mass is 308 g/mol. The van der Waals surface area contributed by atoms with Crippen molar-refractivity contribution in [3.05, 3.63) is 56.7 Å². The second kappa shape index (κ2) is 5.76. The van der Waals surface area contributed by atoms with E-state index in [9.17, 15) is 14.9 Å². The summed E-state index contributed by atoms with van der Waals surface area (Å²) in [5, 5.41) is 20.3. The molecule has 0 spiro atoms. The molecule has 1 heterocycles. The highest BCUT2D eigenvalue weighted by molar-refractivity contribution is 6.30. The van der Waals surface area contributed by atoms with Gasteiger partial charge in [0, 0.05) is 22.8 Å². The molecule has 108 valence electrons. The number of ether oxygens (including phenoxy) is 1. The molecule has 21 heavy (non-hydrogen) atoms. The number of pyridine rings is 1. The van der Waals surface area contributed by atoms with Crippen molar-refractivity contribution in [2.45, 2.75) is 6.92 Å². The predicted octanol–water partition coefficient (Wildman–Crippen LogP) is 3.44. The van der Waals surface area contributed by atoms with E-state index in [1.807, 2.05) is 0 Å². The molecule has 8 heteroatoms. The lowest BCUT2D eigenvalue weighted by molar-refractivity contribution is -0.385. The first-order valence-electron chi connectivity index (χ1n) is 5.71. The lowest BCUT2D eigenvalue weighted by Crippen LogP contribution is -2.04. The van der Waals surface area contributed by atoms with Crippen molar-refractivity contribution in [1.82, 2.24) is 4.98 Å². The number of aromatic carboxylic acids is 1. The number of nitrogens with zero attached hydrogens (tertiary/aromatic N) is 2. The Labute approximate surface area is 123 Å². The minimum absolute atomic E-state index is 0.173. The van der Waals surface area contributed by atoms with Gasteiger partial charge in [-0.05, 0) is 25.1 Å². The van der Waals surface area contributed by atoms with Crippen LogP contribution in [0.25, 0.3) is 0 Å². The third kappa shape index (κ3) is 3.26. The fourth-order valence-electron chi connectivity index (χ4n) is 1.60. The number of benzene rings is 1. The number of carboxylic acid groups (broad SMARTS) is 1. The summed E-state index contributed by atoms with van der Waals surface area (Å²) >= 11 is 5.78. The minimum atomic E-state index is -1.25. The van der Waals surface area contributed by atoms with Gasteiger partial charge in [0.05, 0.1) is 4.92 Å². The van der Waals surface area contributed by atoms with Crippen molar-refractivity contribution in [2.75, 3.05) is 0 Å². The number of rotatable bonds is 4. The minimum Gasteiger partial charge on any atom is -0.477 e. The van der Waals surface area contributed by atoms with Crippen LogP contribution >= 0.6 is 11.6 Å². The van der Waals surface area contributed by atoms with Crippen LogP contribution in [0.4, 0.5) is 5.69 Å². The zero-order valence-corrected chi connectivity index (χ0v) is 11.5. The first kappa shape index (κ1) is 14.7. The van der Waals surface area contributed by atoms with Gasteiger partial charge in [0.25, 0.3) is 0 Å². The second-order valence-electron chi connectivity index (χ2n) is 4.08. The van der Waals surface area contributed by atoms with E-state index in [1.165, 1.54) is 30.3 Å². The maximum Gasteiger partial charge on any atom is 0.341 e. The Kier molecular flexibility index (Phi) is 4.04. The number of carboxylic acids is 1. The number of nitro groups is 1. The van der Waals surface area contributed by atoms with Crippen LogP contribution in [0.15, 0.2) is 30.3 Å². The van der Waals surface area contributed by atoms with Gasteiger partial charge in [0.2, 0.25) is 11.6 Å². The smallest absolute Gasteiger partial charge is 0.341 e. The molecule has 2 rings (SSSR count). The van der Waals surface area contributed by atoms with Crippen molar-refractivity contribution < 1.29 is 19.6 Å². The third-order valence-electron chi connectivity index (χ3n) is 2.56. The van der Waals surface area contributed by atoms with Gasteiger partial charge in [-0.15, -0.1) is 0 Å². The number of hydrogen-bond acceptors (Lipinski definition) is 5. The highest BCUT2D eigenvalue weighted by Gasteiger charge is 2.20. The predicted molar refractivity (Wildman–Crippen MR) is 74.1 cm³/mol. The molecule has 2 aromatic rings. The van der Waals surface area contributed by atoms with Gasteiger partial charge in [-0.2, -0.15) is 0 Å². The van der Waals surface area contributed by atoms with Gasteiger partial charge in [0.1, 0.15) is 5.56 Å². The maximum atomic E-state index is 11.1. The molecule has 0 radical (unpaired) electrons. The fraction of sp³-hybridized carbons (Fsp3) is 0.0769. The molecule has 0 bridgehead atoms. The Hall–Kier alpha value is -2.67. The van der Waals surface area contributed by atoms with Crippen LogP contribution in [-0.4, -0.2) is 21.0 Å². The molecule has 0 aliphatic carbocycles. The van der Waals surface area contributed by atoms with Gasteiger partial charge in [0.15, 0.2) is 0 Å². The SMILES string of the molecule is Cc1ccc(C(=O)O)c(Oc2cc(Cl)ccc2[N+](=O)[O-])n1. The molecule has 0 amide bonds. The zero-order valence-electron chi connectivity index (χ0n) is 10.7. The zero-order chi connectivity index (χ0) is 15.6. The van der Waals surface area contributed by atoms with E-state index in [2.05, 4.69) is 4.98 Å². The van der Waals surface area contributed by atoms with Crippen molar-refractivity contribution in [3.8, 4) is 11.6 Å². The summed E-state index contributed by atoms with van der Waals surface area (Å²) in [6.07, 6.45) is 0. The van der Waals surface area contributed by atoms with Crippen LogP contribution in [0.2, 0.25) is 5.02 Å². The van der Waals surface area contributed by atoms with Crippen LogP contribution in [0.3, 0.4) is 0 Å². The number of hydrogen-bond donors (Lipinski definition) is 1. The van der Waals surface area contributed by atoms with Gasteiger partial charge in [-0.25, -0.2) is 9.78 Å². The quantitative estimate of drug-likeness (QED) is 0.685. The van der Waals surface area contributed by atoms with E-state index in [0.717, 1.165) is 0 Å². The molecule has 0 saturated carbocycles. The summed E-state index contributed by atoms with van der Waals surface area (Å²) in [4.78, 5) is 25.4. The van der Waals surface area contributed by atoms with E-state index in [4.69, 9.17) is 21.4 Å². The van der Waals surface area contributed by atoms with Crippen LogP contribution in [0.5, 0.6) is 11.6 Å². The Balaban J connectivity index is 2.52. The van der Waals surface area contributed by atoms with Gasteiger partial charge < -0.3 is 9.84 Å². The first-order valence-corrected chi connectivity index (χ1v) is 6.09. The average Bonchev–Trinajstić information content (AvgIpc) is 2.38. The van der Waals surface area contributed by atoms with Crippen LogP contribution in [-0.2, 0) is 0 Å². The summed E-state index contributed by atoms with van der Waals surface area (Å²) in [6, 6.07) is 6.57. The molecule has 1 N–H and O–H groups in total. The van der Waals surface area contributed by atoms with Crippen molar-refractivity contribution >= 4 is 23.3 Å². The molecular weight excluding hydrogens is 300 g/mol. The molecule has 0 fully saturated rings. The number of nitro benzene ring substituents is 1. The highest BCUT2D eigenvalue weighted by atomic mass is 35.5. The Morgan fingerprint density at radius 1 is 1.38 bits per heavy atom. The fourth-order valence-corrected chi connectivity index (χ4v) is 1.76. The summed E-state index contributed by atoms with van der Waals surface area (Å²) in [5.74, 6) is -1.65. The molecule has 0 aliphatic rings. The summed E-state index contributed by atoms with van der Waals surface area (Å²) in [5.41, 5.74) is -0.0198. The Morgan fingerprint density at radius 2 is 2.10 bits per heavy atom.